The number of hydrazine groups is 1. The molecule has 0 fully saturated rings. The van der Waals surface area contributed by atoms with E-state index < -0.39 is 11.7 Å². The maximum absolute atomic E-state index is 12.3. The van der Waals surface area contributed by atoms with E-state index in [1.54, 1.807) is 0 Å². The highest BCUT2D eigenvalue weighted by molar-refractivity contribution is 5.85. The van der Waals surface area contributed by atoms with Crippen LogP contribution in [-0.2, 0) is 6.18 Å². The predicted molar refractivity (Wildman–Crippen MR) is 58.5 cm³/mol. The highest BCUT2D eigenvalue weighted by Gasteiger charge is 2.32. The maximum atomic E-state index is 12.3. The molecule has 0 unspecified atom stereocenters. The smallest absolute Gasteiger partial charge is 0.324 e. The van der Waals surface area contributed by atoms with Crippen molar-refractivity contribution in [2.75, 3.05) is 5.43 Å². The highest BCUT2D eigenvalue weighted by atomic mass is 35.5. The Morgan fingerprint density at radius 1 is 1.20 bits per heavy atom. The van der Waals surface area contributed by atoms with Gasteiger partial charge in [0, 0.05) is 5.69 Å². The number of aryl methyl sites for hydroxylation is 1. The quantitative estimate of drug-likeness (QED) is 0.603. The molecule has 1 aromatic rings. The second-order valence-electron chi connectivity index (χ2n) is 2.67. The molecule has 88 valence electrons. The molecule has 1 aromatic carbocycles. The van der Waals surface area contributed by atoms with Crippen LogP contribution in [0.25, 0.3) is 0 Å². The van der Waals surface area contributed by atoms with E-state index in [0.29, 0.717) is 0 Å². The van der Waals surface area contributed by atoms with E-state index in [1.807, 2.05) is 0 Å². The van der Waals surface area contributed by atoms with Gasteiger partial charge in [-0.15, -0.1) is 24.8 Å². The van der Waals surface area contributed by atoms with Crippen LogP contribution < -0.4 is 11.3 Å². The highest BCUT2D eigenvalue weighted by Crippen LogP contribution is 2.33. The van der Waals surface area contributed by atoms with Crippen LogP contribution >= 0.6 is 24.8 Å². The molecule has 1 rings (SSSR count). The number of hydrogen-bond acceptors (Lipinski definition) is 2. The lowest BCUT2D eigenvalue weighted by Gasteiger charge is -2.11. The molecular weight excluding hydrogens is 252 g/mol. The van der Waals surface area contributed by atoms with Gasteiger partial charge in [-0.1, -0.05) is 6.07 Å². The third-order valence-corrected chi connectivity index (χ3v) is 1.71. The summed E-state index contributed by atoms with van der Waals surface area (Å²) in [6.07, 6.45) is -4.32. The second kappa shape index (κ2) is 6.05. The number of alkyl halides is 3. The average Bonchev–Trinajstić information content (AvgIpc) is 2.03. The molecule has 3 N–H and O–H groups in total. The zero-order valence-electron chi connectivity index (χ0n) is 7.76. The first kappa shape index (κ1) is 16.8. The minimum Gasteiger partial charge on any atom is -0.324 e. The molecule has 0 aliphatic carbocycles. The normalized spacial score (nSPS) is 9.93. The molecular formula is C8H11Cl2F3N2. The molecule has 7 heteroatoms. The fourth-order valence-corrected chi connectivity index (χ4v) is 1.02. The number of anilines is 1. The van der Waals surface area contributed by atoms with E-state index in [2.05, 4.69) is 5.43 Å². The van der Waals surface area contributed by atoms with Crippen LogP contribution in [0.15, 0.2) is 18.2 Å². The summed E-state index contributed by atoms with van der Waals surface area (Å²) in [4.78, 5) is 0. The van der Waals surface area contributed by atoms with Crippen molar-refractivity contribution in [3.05, 3.63) is 29.3 Å². The molecule has 0 aromatic heterocycles. The number of nitrogens with two attached hydrogens (primary N) is 1. The van der Waals surface area contributed by atoms with Crippen LogP contribution in [0, 0.1) is 6.92 Å². The molecule has 0 spiro atoms. The summed E-state index contributed by atoms with van der Waals surface area (Å²) < 4.78 is 36.9. The van der Waals surface area contributed by atoms with Crippen LogP contribution in [0.3, 0.4) is 0 Å². The number of hydrogen-bond donors (Lipinski definition) is 2. The van der Waals surface area contributed by atoms with Gasteiger partial charge in [0.2, 0.25) is 0 Å². The molecule has 0 bridgehead atoms. The fourth-order valence-electron chi connectivity index (χ4n) is 1.02. The molecule has 0 radical (unpaired) electrons. The van der Waals surface area contributed by atoms with Crippen LogP contribution in [-0.4, -0.2) is 0 Å². The Kier molecular flexibility index (Phi) is 6.76. The van der Waals surface area contributed by atoms with Crippen LogP contribution in [0.4, 0.5) is 18.9 Å². The number of nitrogen functional groups attached to an aromatic ring is 1. The Labute approximate surface area is 97.8 Å². The Morgan fingerprint density at radius 3 is 2.13 bits per heavy atom. The molecule has 0 aliphatic rings. The number of benzene rings is 1. The minimum atomic E-state index is -4.32. The van der Waals surface area contributed by atoms with Crippen molar-refractivity contribution < 1.29 is 13.2 Å². The SMILES string of the molecule is Cc1ccc(NN)cc1C(F)(F)F.Cl.Cl. The van der Waals surface area contributed by atoms with Crippen molar-refractivity contribution in [2.24, 2.45) is 5.84 Å². The zero-order valence-corrected chi connectivity index (χ0v) is 9.39. The monoisotopic (exact) mass is 262 g/mol. The molecule has 15 heavy (non-hydrogen) atoms. The van der Waals surface area contributed by atoms with E-state index in [-0.39, 0.29) is 36.1 Å². The van der Waals surface area contributed by atoms with E-state index in [0.717, 1.165) is 6.07 Å². The number of rotatable bonds is 1. The first-order chi connectivity index (χ1) is 5.95. The van der Waals surface area contributed by atoms with Gasteiger partial charge in [-0.05, 0) is 24.6 Å². The van der Waals surface area contributed by atoms with Crippen LogP contribution in [0.2, 0.25) is 0 Å². The molecule has 0 aliphatic heterocycles. The van der Waals surface area contributed by atoms with E-state index >= 15 is 0 Å². The lowest BCUT2D eigenvalue weighted by Crippen LogP contribution is -2.11. The first-order valence-electron chi connectivity index (χ1n) is 3.59. The number of halogens is 5. The van der Waals surface area contributed by atoms with Gasteiger partial charge >= 0.3 is 6.18 Å². The average molecular weight is 263 g/mol. The van der Waals surface area contributed by atoms with Gasteiger partial charge in [0.15, 0.2) is 0 Å². The predicted octanol–water partition coefficient (Wildman–Crippen LogP) is 3.14. The van der Waals surface area contributed by atoms with Crippen molar-refractivity contribution in [1.82, 2.24) is 0 Å². The van der Waals surface area contributed by atoms with Gasteiger partial charge in [0.05, 0.1) is 5.56 Å². The van der Waals surface area contributed by atoms with Gasteiger partial charge in [-0.25, -0.2) is 0 Å². The van der Waals surface area contributed by atoms with Gasteiger partial charge in [0.25, 0.3) is 0 Å². The summed E-state index contributed by atoms with van der Waals surface area (Å²) in [6, 6.07) is 3.85. The van der Waals surface area contributed by atoms with Gasteiger partial charge < -0.3 is 5.43 Å². The lowest BCUT2D eigenvalue weighted by atomic mass is 10.1. The largest absolute Gasteiger partial charge is 0.416 e. The third-order valence-electron chi connectivity index (χ3n) is 1.71. The summed E-state index contributed by atoms with van der Waals surface area (Å²) in [6.45, 7) is 1.41. The Bertz CT molecular complexity index is 315. The Hall–Kier alpha value is -0.650. The molecule has 0 heterocycles. The van der Waals surface area contributed by atoms with Gasteiger partial charge in [-0.2, -0.15) is 13.2 Å². The summed E-state index contributed by atoms with van der Waals surface area (Å²) in [5.41, 5.74) is 1.94. The van der Waals surface area contributed by atoms with Crippen LogP contribution in [0.1, 0.15) is 11.1 Å². The van der Waals surface area contributed by atoms with Gasteiger partial charge in [-0.3, -0.25) is 5.84 Å². The summed E-state index contributed by atoms with van der Waals surface area (Å²) in [5.74, 6) is 4.99. The first-order valence-corrected chi connectivity index (χ1v) is 3.59. The van der Waals surface area contributed by atoms with Crippen molar-refractivity contribution >= 4 is 30.5 Å². The second-order valence-corrected chi connectivity index (χ2v) is 2.67. The Balaban J connectivity index is 0. The molecule has 0 atom stereocenters. The van der Waals surface area contributed by atoms with Crippen molar-refractivity contribution in [2.45, 2.75) is 13.1 Å². The Morgan fingerprint density at radius 2 is 1.73 bits per heavy atom. The lowest BCUT2D eigenvalue weighted by molar-refractivity contribution is -0.138. The molecule has 2 nitrogen and oxygen atoms in total. The van der Waals surface area contributed by atoms with E-state index in [9.17, 15) is 13.2 Å². The van der Waals surface area contributed by atoms with Crippen molar-refractivity contribution in [3.8, 4) is 0 Å². The third kappa shape index (κ3) is 4.15. The van der Waals surface area contributed by atoms with E-state index in [4.69, 9.17) is 5.84 Å². The molecule has 0 saturated heterocycles. The van der Waals surface area contributed by atoms with Crippen molar-refractivity contribution in [1.29, 1.82) is 0 Å². The minimum absolute atomic E-state index is 0. The number of nitrogens with one attached hydrogen (secondary N) is 1. The molecule has 0 saturated carbocycles. The topological polar surface area (TPSA) is 38.0 Å². The van der Waals surface area contributed by atoms with Crippen LogP contribution in [0.5, 0.6) is 0 Å². The fraction of sp³-hybridized carbons (Fsp3) is 0.250. The maximum Gasteiger partial charge on any atom is 0.416 e. The molecule has 0 amide bonds. The zero-order chi connectivity index (χ0) is 10.1. The summed E-state index contributed by atoms with van der Waals surface area (Å²) in [5, 5.41) is 0. The van der Waals surface area contributed by atoms with Gasteiger partial charge in [0.1, 0.15) is 0 Å². The van der Waals surface area contributed by atoms with E-state index in [1.165, 1.54) is 19.1 Å². The summed E-state index contributed by atoms with van der Waals surface area (Å²) in [7, 11) is 0. The summed E-state index contributed by atoms with van der Waals surface area (Å²) >= 11 is 0. The standard InChI is InChI=1S/C8H9F3N2.2ClH/c1-5-2-3-6(13-12)4-7(5)8(9,10)11;;/h2-4,13H,12H2,1H3;2*1H. The van der Waals surface area contributed by atoms with Crippen molar-refractivity contribution in [3.63, 3.8) is 0 Å².